The van der Waals surface area contributed by atoms with Gasteiger partial charge in [-0.3, -0.25) is 0 Å². The highest BCUT2D eigenvalue weighted by Crippen LogP contribution is 2.60. The standard InChI is InChI=1S/C32H48O4/c1-18(2)15-25-21(5)31(35)36-29(25)16-19(3)26-12-13-27-23(9-8-14-32(26,27)7)10-11-24-17-28(33)22(6)30(34)20(24)4/h10-11,18-19,22,25-30,33-34H,4-5,8-9,12-17H2,1-3,6-7H3/b23-10+,24-11-/t19-,22+,25-,26-,27+,28-,29-,30-,32-/m1/s1. The van der Waals surface area contributed by atoms with Crippen molar-refractivity contribution in [3.63, 3.8) is 0 Å². The summed E-state index contributed by atoms with van der Waals surface area (Å²) < 4.78 is 5.84. The molecular weight excluding hydrogens is 448 g/mol. The van der Waals surface area contributed by atoms with Gasteiger partial charge < -0.3 is 14.9 Å². The van der Waals surface area contributed by atoms with E-state index in [-0.39, 0.29) is 29.3 Å². The highest BCUT2D eigenvalue weighted by atomic mass is 16.6. The molecule has 200 valence electrons. The van der Waals surface area contributed by atoms with E-state index in [9.17, 15) is 15.0 Å². The van der Waals surface area contributed by atoms with Crippen molar-refractivity contribution in [1.82, 2.24) is 0 Å². The third kappa shape index (κ3) is 5.05. The van der Waals surface area contributed by atoms with Crippen LogP contribution in [-0.2, 0) is 9.53 Å². The summed E-state index contributed by atoms with van der Waals surface area (Å²) in [5.74, 6) is 1.95. The Morgan fingerprint density at radius 2 is 1.83 bits per heavy atom. The van der Waals surface area contributed by atoms with Crippen LogP contribution in [0.5, 0.6) is 0 Å². The lowest BCUT2D eigenvalue weighted by Crippen LogP contribution is -2.37. The second-order valence-electron chi connectivity index (χ2n) is 13.0. The number of hydrogen-bond donors (Lipinski definition) is 2. The molecule has 1 heterocycles. The van der Waals surface area contributed by atoms with E-state index in [0.717, 1.165) is 30.4 Å². The van der Waals surface area contributed by atoms with Crippen molar-refractivity contribution in [2.75, 3.05) is 0 Å². The zero-order valence-corrected chi connectivity index (χ0v) is 23.1. The first-order valence-electron chi connectivity index (χ1n) is 14.3. The largest absolute Gasteiger partial charge is 0.458 e. The topological polar surface area (TPSA) is 66.8 Å². The van der Waals surface area contributed by atoms with Crippen LogP contribution in [0.25, 0.3) is 0 Å². The molecule has 0 unspecified atom stereocenters. The number of aliphatic hydroxyl groups excluding tert-OH is 2. The van der Waals surface area contributed by atoms with Gasteiger partial charge in [0.1, 0.15) is 6.10 Å². The van der Waals surface area contributed by atoms with Gasteiger partial charge in [-0.15, -0.1) is 0 Å². The lowest BCUT2D eigenvalue weighted by atomic mass is 9.60. The smallest absolute Gasteiger partial charge is 0.334 e. The Morgan fingerprint density at radius 1 is 1.11 bits per heavy atom. The van der Waals surface area contributed by atoms with Gasteiger partial charge in [-0.1, -0.05) is 65.5 Å². The van der Waals surface area contributed by atoms with Gasteiger partial charge in [0.25, 0.3) is 0 Å². The van der Waals surface area contributed by atoms with Crippen LogP contribution in [0, 0.1) is 40.9 Å². The molecule has 1 aliphatic heterocycles. The molecule has 4 heteroatoms. The maximum absolute atomic E-state index is 12.3. The molecular formula is C32H48O4. The molecule has 4 nitrogen and oxygen atoms in total. The minimum Gasteiger partial charge on any atom is -0.458 e. The average Bonchev–Trinajstić information content (AvgIpc) is 3.30. The van der Waals surface area contributed by atoms with Gasteiger partial charge in [0.2, 0.25) is 0 Å². The number of ether oxygens (including phenoxy) is 1. The van der Waals surface area contributed by atoms with Crippen molar-refractivity contribution < 1.29 is 19.7 Å². The van der Waals surface area contributed by atoms with Gasteiger partial charge in [0, 0.05) is 17.4 Å². The first-order valence-corrected chi connectivity index (χ1v) is 14.3. The number of carbonyl (C=O) groups excluding carboxylic acids is 1. The van der Waals surface area contributed by atoms with Gasteiger partial charge in [-0.2, -0.15) is 0 Å². The summed E-state index contributed by atoms with van der Waals surface area (Å²) in [6.07, 6.45) is 11.6. The zero-order valence-electron chi connectivity index (χ0n) is 23.1. The summed E-state index contributed by atoms with van der Waals surface area (Å²) in [7, 11) is 0. The highest BCUT2D eigenvalue weighted by Gasteiger charge is 2.51. The molecule has 0 bridgehead atoms. The van der Waals surface area contributed by atoms with E-state index in [1.165, 1.54) is 31.3 Å². The molecule has 0 aromatic rings. The molecule has 0 aromatic carbocycles. The Hall–Kier alpha value is -1.65. The van der Waals surface area contributed by atoms with Crippen LogP contribution in [0.1, 0.15) is 86.0 Å². The summed E-state index contributed by atoms with van der Waals surface area (Å²) in [5.41, 5.74) is 4.17. The Bertz CT molecular complexity index is 942. The number of allylic oxidation sites excluding steroid dienone is 3. The van der Waals surface area contributed by atoms with E-state index in [1.807, 2.05) is 6.92 Å². The second kappa shape index (κ2) is 10.6. The second-order valence-corrected chi connectivity index (χ2v) is 13.0. The first kappa shape index (κ1) is 27.4. The number of hydrogen-bond acceptors (Lipinski definition) is 4. The molecule has 9 atom stereocenters. The van der Waals surface area contributed by atoms with Crippen molar-refractivity contribution in [2.45, 2.75) is 104 Å². The minimum absolute atomic E-state index is 0.0362. The SMILES string of the molecule is C=C1/C(=C\C=C2/CCC[C@]3(C)[C@@H]([C@H](C)C[C@H]4OC(=O)C(=C)[C@H]4CC(C)C)CC[C@@H]23)C[C@@H](O)[C@H](C)[C@@H]1O. The van der Waals surface area contributed by atoms with Crippen LogP contribution < -0.4 is 0 Å². The lowest BCUT2D eigenvalue weighted by molar-refractivity contribution is -0.140. The van der Waals surface area contributed by atoms with E-state index in [4.69, 9.17) is 4.74 Å². The zero-order chi connectivity index (χ0) is 26.4. The third-order valence-electron chi connectivity index (χ3n) is 10.3. The van der Waals surface area contributed by atoms with Crippen LogP contribution in [-0.4, -0.2) is 34.5 Å². The molecule has 0 aromatic heterocycles. The van der Waals surface area contributed by atoms with E-state index in [2.05, 4.69) is 53.0 Å². The summed E-state index contributed by atoms with van der Waals surface area (Å²) in [4.78, 5) is 12.3. The lowest BCUT2D eigenvalue weighted by Gasteiger charge is -2.45. The van der Waals surface area contributed by atoms with Gasteiger partial charge in [0.15, 0.2) is 0 Å². The number of aliphatic hydroxyl groups is 2. The Labute approximate surface area is 218 Å². The number of carbonyl (C=O) groups is 1. The Morgan fingerprint density at radius 3 is 2.53 bits per heavy atom. The van der Waals surface area contributed by atoms with Crippen LogP contribution >= 0.6 is 0 Å². The summed E-state index contributed by atoms with van der Waals surface area (Å²) in [6, 6.07) is 0. The van der Waals surface area contributed by atoms with Crippen LogP contribution in [0.2, 0.25) is 0 Å². The normalized spacial score (nSPS) is 42.3. The molecule has 36 heavy (non-hydrogen) atoms. The van der Waals surface area contributed by atoms with Gasteiger partial charge >= 0.3 is 5.97 Å². The van der Waals surface area contributed by atoms with E-state index >= 15 is 0 Å². The fraction of sp³-hybridized carbons (Fsp3) is 0.719. The monoisotopic (exact) mass is 496 g/mol. The highest BCUT2D eigenvalue weighted by molar-refractivity contribution is 5.90. The van der Waals surface area contributed by atoms with Crippen LogP contribution in [0.3, 0.4) is 0 Å². The van der Waals surface area contributed by atoms with Crippen LogP contribution in [0.4, 0.5) is 0 Å². The molecule has 0 spiro atoms. The summed E-state index contributed by atoms with van der Waals surface area (Å²) >= 11 is 0. The summed E-state index contributed by atoms with van der Waals surface area (Å²) in [5, 5.41) is 20.8. The molecule has 4 aliphatic rings. The number of esters is 1. The molecule has 1 saturated heterocycles. The maximum atomic E-state index is 12.3. The van der Waals surface area contributed by atoms with Crippen molar-refractivity contribution in [3.8, 4) is 0 Å². The fourth-order valence-electron chi connectivity index (χ4n) is 8.07. The molecule has 0 radical (unpaired) electrons. The Kier molecular flexibility index (Phi) is 8.07. The van der Waals surface area contributed by atoms with Crippen molar-refractivity contribution >= 4 is 5.97 Å². The summed E-state index contributed by atoms with van der Waals surface area (Å²) in [6.45, 7) is 19.3. The molecule has 4 rings (SSSR count). The number of fused-ring (bicyclic) bond motifs is 1. The number of rotatable bonds is 6. The quantitative estimate of drug-likeness (QED) is 0.323. The first-order chi connectivity index (χ1) is 16.9. The number of cyclic esters (lactones) is 1. The van der Waals surface area contributed by atoms with Gasteiger partial charge in [-0.05, 0) is 91.6 Å². The van der Waals surface area contributed by atoms with Gasteiger partial charge in [-0.25, -0.2) is 4.79 Å². The van der Waals surface area contributed by atoms with E-state index in [1.54, 1.807) is 0 Å². The molecule has 0 amide bonds. The minimum atomic E-state index is -0.674. The van der Waals surface area contributed by atoms with E-state index < -0.39 is 12.2 Å². The van der Waals surface area contributed by atoms with Gasteiger partial charge in [0.05, 0.1) is 12.2 Å². The Balaban J connectivity index is 1.48. The maximum Gasteiger partial charge on any atom is 0.334 e. The third-order valence-corrected chi connectivity index (χ3v) is 10.3. The molecule has 3 saturated carbocycles. The van der Waals surface area contributed by atoms with Crippen molar-refractivity contribution in [1.29, 1.82) is 0 Å². The fourth-order valence-corrected chi connectivity index (χ4v) is 8.07. The predicted molar refractivity (Wildman–Crippen MR) is 145 cm³/mol. The van der Waals surface area contributed by atoms with Crippen molar-refractivity contribution in [2.24, 2.45) is 40.9 Å². The molecule has 2 N–H and O–H groups in total. The van der Waals surface area contributed by atoms with Crippen molar-refractivity contribution in [3.05, 3.63) is 47.6 Å². The van der Waals surface area contributed by atoms with Crippen LogP contribution in [0.15, 0.2) is 47.6 Å². The molecule has 3 aliphatic carbocycles. The van der Waals surface area contributed by atoms with E-state index in [0.29, 0.717) is 35.7 Å². The average molecular weight is 497 g/mol. The predicted octanol–water partition coefficient (Wildman–Crippen LogP) is 6.54. The molecule has 4 fully saturated rings.